The lowest BCUT2D eigenvalue weighted by molar-refractivity contribution is 0.534. The van der Waals surface area contributed by atoms with Crippen LogP contribution in [0.5, 0.6) is 0 Å². The quantitative estimate of drug-likeness (QED) is 0.325. The summed E-state index contributed by atoms with van der Waals surface area (Å²) in [5.74, 6) is 0. The molecule has 3 nitrogen and oxygen atoms in total. The lowest BCUT2D eigenvalue weighted by atomic mass is 10.0. The Balaban J connectivity index is 0.000000114. The molecule has 2 aliphatic heterocycles. The third-order valence-electron chi connectivity index (χ3n) is 6.10. The van der Waals surface area contributed by atoms with Crippen molar-refractivity contribution in [2.45, 2.75) is 6.42 Å². The van der Waals surface area contributed by atoms with Crippen LogP contribution in [-0.4, -0.2) is 32.7 Å². The van der Waals surface area contributed by atoms with E-state index >= 15 is 0 Å². The van der Waals surface area contributed by atoms with Gasteiger partial charge in [-0.3, -0.25) is 0 Å². The zero-order valence-electron chi connectivity index (χ0n) is 17.8. The molecule has 1 saturated heterocycles. The Hall–Kier alpha value is -3.14. The van der Waals surface area contributed by atoms with E-state index in [0.717, 1.165) is 32.7 Å². The molecule has 4 aromatic carbocycles. The SMILES string of the molecule is C1CNCCN1.c1ccc2c(c1)-c1cccc3cccc-2c13.c1ccc2c(c1)CCN2. The first kappa shape index (κ1) is 19.8. The van der Waals surface area contributed by atoms with Crippen LogP contribution in [0.3, 0.4) is 0 Å². The topological polar surface area (TPSA) is 36.1 Å². The number of hydrogen-bond acceptors (Lipinski definition) is 3. The van der Waals surface area contributed by atoms with Crippen LogP contribution in [0.15, 0.2) is 84.9 Å². The van der Waals surface area contributed by atoms with Crippen molar-refractivity contribution in [1.82, 2.24) is 10.6 Å². The molecule has 0 amide bonds. The number of anilines is 1. The van der Waals surface area contributed by atoms with Crippen LogP contribution in [0.25, 0.3) is 33.0 Å². The summed E-state index contributed by atoms with van der Waals surface area (Å²) < 4.78 is 0. The van der Waals surface area contributed by atoms with Crippen LogP contribution in [0.4, 0.5) is 5.69 Å². The number of fused-ring (bicyclic) bond motifs is 4. The Morgan fingerprint density at radius 2 is 1.03 bits per heavy atom. The van der Waals surface area contributed by atoms with Crippen molar-refractivity contribution in [2.24, 2.45) is 0 Å². The maximum Gasteiger partial charge on any atom is 0.0373 e. The Morgan fingerprint density at radius 3 is 1.61 bits per heavy atom. The van der Waals surface area contributed by atoms with Crippen molar-refractivity contribution in [3.63, 3.8) is 0 Å². The van der Waals surface area contributed by atoms with Gasteiger partial charge in [-0.25, -0.2) is 0 Å². The van der Waals surface area contributed by atoms with Crippen molar-refractivity contribution < 1.29 is 0 Å². The van der Waals surface area contributed by atoms with E-state index in [2.05, 4.69) is 101 Å². The molecular weight excluding hydrogens is 378 g/mol. The van der Waals surface area contributed by atoms with Gasteiger partial charge >= 0.3 is 0 Å². The summed E-state index contributed by atoms with van der Waals surface area (Å²) in [7, 11) is 0. The van der Waals surface area contributed by atoms with Crippen molar-refractivity contribution >= 4 is 16.5 Å². The summed E-state index contributed by atoms with van der Waals surface area (Å²) in [6.07, 6.45) is 1.19. The highest BCUT2D eigenvalue weighted by molar-refractivity contribution is 6.15. The van der Waals surface area contributed by atoms with E-state index in [9.17, 15) is 0 Å². The fraction of sp³-hybridized carbons (Fsp3) is 0.214. The lowest BCUT2D eigenvalue weighted by Crippen LogP contribution is -2.39. The van der Waals surface area contributed by atoms with Gasteiger partial charge in [0, 0.05) is 38.4 Å². The number of nitrogens with one attached hydrogen (secondary N) is 3. The predicted octanol–water partition coefficient (Wildman–Crippen LogP) is 5.32. The van der Waals surface area contributed by atoms with Gasteiger partial charge in [0.15, 0.2) is 0 Å². The van der Waals surface area contributed by atoms with Gasteiger partial charge in [0.25, 0.3) is 0 Å². The smallest absolute Gasteiger partial charge is 0.0373 e. The second kappa shape index (κ2) is 9.34. The summed E-state index contributed by atoms with van der Waals surface area (Å²) in [5.41, 5.74) is 8.27. The number of benzene rings is 4. The van der Waals surface area contributed by atoms with E-state index in [4.69, 9.17) is 0 Å². The fourth-order valence-electron chi connectivity index (χ4n) is 4.59. The molecule has 1 aliphatic carbocycles. The second-order valence-corrected chi connectivity index (χ2v) is 8.09. The molecule has 0 unspecified atom stereocenters. The number of hydrogen-bond donors (Lipinski definition) is 3. The molecule has 31 heavy (non-hydrogen) atoms. The molecule has 3 aliphatic rings. The van der Waals surface area contributed by atoms with Gasteiger partial charge in [-0.1, -0.05) is 78.9 Å². The normalized spacial score (nSPS) is 15.0. The maximum atomic E-state index is 3.30. The van der Waals surface area contributed by atoms with E-state index in [1.165, 1.54) is 50.7 Å². The first-order chi connectivity index (χ1) is 15.4. The summed E-state index contributed by atoms with van der Waals surface area (Å²) in [6, 6.07) is 30.2. The van der Waals surface area contributed by atoms with Crippen molar-refractivity contribution in [2.75, 3.05) is 38.0 Å². The number of rotatable bonds is 0. The monoisotopic (exact) mass is 407 g/mol. The zero-order valence-corrected chi connectivity index (χ0v) is 17.8. The standard InChI is InChI=1S/C16H10.C8H9N.C4H10N2/c1-2-8-13-12(7-1)14-9-3-5-11-6-4-10-15(13)16(11)14;1-2-4-8-7(3-1)5-6-9-8;1-2-6-4-3-5-1/h1-10H;1-4,9H,5-6H2;5-6H,1-4H2. The van der Waals surface area contributed by atoms with Crippen molar-refractivity contribution in [1.29, 1.82) is 0 Å². The van der Waals surface area contributed by atoms with Crippen LogP contribution in [0.2, 0.25) is 0 Å². The van der Waals surface area contributed by atoms with Gasteiger partial charge in [0.1, 0.15) is 0 Å². The second-order valence-electron chi connectivity index (χ2n) is 8.09. The molecule has 2 heterocycles. The van der Waals surface area contributed by atoms with Crippen LogP contribution in [0.1, 0.15) is 5.56 Å². The van der Waals surface area contributed by atoms with Gasteiger partial charge < -0.3 is 16.0 Å². The minimum Gasteiger partial charge on any atom is -0.384 e. The molecule has 4 aromatic rings. The number of piperazine rings is 1. The average molecular weight is 408 g/mol. The first-order valence-electron chi connectivity index (χ1n) is 11.3. The molecule has 0 aromatic heterocycles. The highest BCUT2D eigenvalue weighted by Crippen LogP contribution is 2.46. The Bertz CT molecular complexity index is 1090. The minimum atomic E-state index is 1.11. The van der Waals surface area contributed by atoms with Gasteiger partial charge in [-0.2, -0.15) is 0 Å². The van der Waals surface area contributed by atoms with E-state index in [1.54, 1.807) is 0 Å². The summed E-state index contributed by atoms with van der Waals surface area (Å²) in [6.45, 7) is 5.67. The molecule has 3 heteroatoms. The highest BCUT2D eigenvalue weighted by Gasteiger charge is 2.19. The van der Waals surface area contributed by atoms with E-state index in [-0.39, 0.29) is 0 Å². The molecular formula is C28H29N3. The molecule has 156 valence electrons. The Morgan fingerprint density at radius 1 is 0.484 bits per heavy atom. The van der Waals surface area contributed by atoms with E-state index in [0.29, 0.717) is 0 Å². The Labute approximate surface area is 184 Å². The van der Waals surface area contributed by atoms with Crippen molar-refractivity contribution in [3.8, 4) is 22.3 Å². The summed E-state index contributed by atoms with van der Waals surface area (Å²) >= 11 is 0. The molecule has 3 N–H and O–H groups in total. The van der Waals surface area contributed by atoms with E-state index in [1.807, 2.05) is 0 Å². The number of para-hydroxylation sites is 1. The summed E-state index contributed by atoms with van der Waals surface area (Å²) in [5, 5.41) is 12.5. The minimum absolute atomic E-state index is 1.11. The molecule has 0 bridgehead atoms. The molecule has 7 rings (SSSR count). The lowest BCUT2D eigenvalue weighted by Gasteiger charge is -2.11. The highest BCUT2D eigenvalue weighted by atomic mass is 15.0. The third kappa shape index (κ3) is 4.20. The van der Waals surface area contributed by atoms with Gasteiger partial charge in [-0.05, 0) is 51.1 Å². The fourth-order valence-corrected chi connectivity index (χ4v) is 4.59. The largest absolute Gasteiger partial charge is 0.384 e. The van der Waals surface area contributed by atoms with Gasteiger partial charge in [0.2, 0.25) is 0 Å². The van der Waals surface area contributed by atoms with Crippen molar-refractivity contribution in [3.05, 3.63) is 90.5 Å². The summed E-state index contributed by atoms with van der Waals surface area (Å²) in [4.78, 5) is 0. The van der Waals surface area contributed by atoms with Gasteiger partial charge in [0.05, 0.1) is 0 Å². The third-order valence-corrected chi connectivity index (χ3v) is 6.10. The van der Waals surface area contributed by atoms with Crippen LogP contribution in [-0.2, 0) is 6.42 Å². The van der Waals surface area contributed by atoms with Crippen LogP contribution in [0, 0.1) is 0 Å². The van der Waals surface area contributed by atoms with E-state index < -0.39 is 0 Å². The predicted molar refractivity (Wildman–Crippen MR) is 133 cm³/mol. The van der Waals surface area contributed by atoms with Gasteiger partial charge in [-0.15, -0.1) is 0 Å². The maximum absolute atomic E-state index is 3.30. The average Bonchev–Trinajstić information content (AvgIpc) is 3.46. The molecule has 0 spiro atoms. The Kier molecular flexibility index (Phi) is 5.96. The molecule has 1 fully saturated rings. The van der Waals surface area contributed by atoms with Crippen LogP contribution < -0.4 is 16.0 Å². The first-order valence-corrected chi connectivity index (χ1v) is 11.3. The molecule has 0 radical (unpaired) electrons. The molecule has 0 saturated carbocycles. The zero-order chi connectivity index (χ0) is 20.9. The molecule has 0 atom stereocenters. The van der Waals surface area contributed by atoms with Crippen LogP contribution >= 0.6 is 0 Å².